The fourth-order valence-corrected chi connectivity index (χ4v) is 2.19. The standard InChI is InChI=1S/C14H12N4O3/c1-17-7-6-11(16-17)15-12(19)8-18-13(20)9-4-2-3-5-10(9)14(18)21/h2-7H,8H2,1H3,(H,15,16,19). The summed E-state index contributed by atoms with van der Waals surface area (Å²) in [6, 6.07) is 8.14. The number of nitrogens with zero attached hydrogens (tertiary/aromatic N) is 3. The lowest BCUT2D eigenvalue weighted by atomic mass is 10.1. The van der Waals surface area contributed by atoms with Crippen molar-refractivity contribution < 1.29 is 14.4 Å². The van der Waals surface area contributed by atoms with E-state index in [2.05, 4.69) is 10.4 Å². The molecule has 0 bridgehead atoms. The van der Waals surface area contributed by atoms with Crippen LogP contribution < -0.4 is 5.32 Å². The maximum absolute atomic E-state index is 12.1. The second kappa shape index (κ2) is 4.86. The van der Waals surface area contributed by atoms with Crippen LogP contribution in [0.4, 0.5) is 5.82 Å². The molecule has 7 nitrogen and oxygen atoms in total. The highest BCUT2D eigenvalue weighted by Crippen LogP contribution is 2.22. The van der Waals surface area contributed by atoms with Gasteiger partial charge in [0, 0.05) is 19.3 Å². The number of fused-ring (bicyclic) bond motifs is 1. The van der Waals surface area contributed by atoms with Crippen molar-refractivity contribution in [1.29, 1.82) is 0 Å². The number of carbonyl (C=O) groups excluding carboxylic acids is 3. The van der Waals surface area contributed by atoms with Crippen LogP contribution in [-0.2, 0) is 11.8 Å². The number of benzene rings is 1. The topological polar surface area (TPSA) is 84.3 Å². The Bertz CT molecular complexity index is 715. The summed E-state index contributed by atoms with van der Waals surface area (Å²) < 4.78 is 1.54. The minimum Gasteiger partial charge on any atom is -0.308 e. The number of amides is 3. The van der Waals surface area contributed by atoms with Crippen LogP contribution in [0.25, 0.3) is 0 Å². The maximum atomic E-state index is 12.1. The molecule has 1 aliphatic heterocycles. The normalized spacial score (nSPS) is 13.5. The second-order valence-electron chi connectivity index (χ2n) is 4.66. The van der Waals surface area contributed by atoms with Crippen molar-refractivity contribution >= 4 is 23.5 Å². The third-order valence-corrected chi connectivity index (χ3v) is 3.16. The molecule has 0 aliphatic carbocycles. The number of aryl methyl sites for hydroxylation is 1. The molecule has 0 fully saturated rings. The largest absolute Gasteiger partial charge is 0.308 e. The summed E-state index contributed by atoms with van der Waals surface area (Å²) in [4.78, 5) is 37.1. The Morgan fingerprint density at radius 1 is 1.14 bits per heavy atom. The first-order chi connectivity index (χ1) is 10.1. The van der Waals surface area contributed by atoms with Crippen molar-refractivity contribution in [1.82, 2.24) is 14.7 Å². The van der Waals surface area contributed by atoms with Crippen LogP contribution in [0.15, 0.2) is 36.5 Å². The van der Waals surface area contributed by atoms with Gasteiger partial charge in [0.15, 0.2) is 5.82 Å². The Balaban J connectivity index is 1.73. The lowest BCUT2D eigenvalue weighted by molar-refractivity contribution is -0.116. The number of hydrogen-bond donors (Lipinski definition) is 1. The summed E-state index contributed by atoms with van der Waals surface area (Å²) >= 11 is 0. The monoisotopic (exact) mass is 284 g/mol. The van der Waals surface area contributed by atoms with Gasteiger partial charge in [0.25, 0.3) is 11.8 Å². The van der Waals surface area contributed by atoms with Gasteiger partial charge in [-0.2, -0.15) is 5.10 Å². The van der Waals surface area contributed by atoms with Crippen molar-refractivity contribution in [3.05, 3.63) is 47.7 Å². The molecule has 3 rings (SSSR count). The second-order valence-corrected chi connectivity index (χ2v) is 4.66. The number of imide groups is 1. The zero-order valence-corrected chi connectivity index (χ0v) is 11.2. The van der Waals surface area contributed by atoms with Crippen molar-refractivity contribution in [2.75, 3.05) is 11.9 Å². The van der Waals surface area contributed by atoms with E-state index in [1.807, 2.05) is 0 Å². The Kier molecular flexibility index (Phi) is 3.02. The summed E-state index contributed by atoms with van der Waals surface area (Å²) in [6.07, 6.45) is 1.68. The molecule has 7 heteroatoms. The van der Waals surface area contributed by atoms with E-state index >= 15 is 0 Å². The molecule has 0 saturated heterocycles. The lowest BCUT2D eigenvalue weighted by Crippen LogP contribution is -2.37. The molecule has 0 spiro atoms. The van der Waals surface area contributed by atoms with Gasteiger partial charge < -0.3 is 5.32 Å². The summed E-state index contributed by atoms with van der Waals surface area (Å²) in [5.74, 6) is -0.999. The van der Waals surface area contributed by atoms with Crippen molar-refractivity contribution in [3.63, 3.8) is 0 Å². The fourth-order valence-electron chi connectivity index (χ4n) is 2.19. The lowest BCUT2D eigenvalue weighted by Gasteiger charge is -2.12. The summed E-state index contributed by atoms with van der Waals surface area (Å²) in [5, 5.41) is 6.54. The van der Waals surface area contributed by atoms with Gasteiger partial charge in [0.1, 0.15) is 6.54 Å². The first kappa shape index (κ1) is 13.0. The van der Waals surface area contributed by atoms with Gasteiger partial charge in [-0.15, -0.1) is 0 Å². The zero-order chi connectivity index (χ0) is 15.0. The van der Waals surface area contributed by atoms with E-state index in [0.717, 1.165) is 4.90 Å². The number of nitrogens with one attached hydrogen (secondary N) is 1. The molecule has 2 heterocycles. The van der Waals surface area contributed by atoms with Gasteiger partial charge in [-0.3, -0.25) is 24.0 Å². The average molecular weight is 284 g/mol. The molecular weight excluding hydrogens is 272 g/mol. The van der Waals surface area contributed by atoms with Crippen LogP contribution in [0, 0.1) is 0 Å². The van der Waals surface area contributed by atoms with Gasteiger partial charge in [-0.25, -0.2) is 0 Å². The van der Waals surface area contributed by atoms with Gasteiger partial charge in [-0.1, -0.05) is 12.1 Å². The zero-order valence-electron chi connectivity index (χ0n) is 11.2. The highest BCUT2D eigenvalue weighted by Gasteiger charge is 2.36. The molecule has 21 heavy (non-hydrogen) atoms. The van der Waals surface area contributed by atoms with Gasteiger partial charge in [0.2, 0.25) is 5.91 Å². The number of hydrogen-bond acceptors (Lipinski definition) is 4. The predicted molar refractivity (Wildman–Crippen MR) is 73.6 cm³/mol. The fraction of sp³-hybridized carbons (Fsp3) is 0.143. The number of anilines is 1. The maximum Gasteiger partial charge on any atom is 0.262 e. The van der Waals surface area contributed by atoms with E-state index in [1.165, 1.54) is 4.68 Å². The third-order valence-electron chi connectivity index (χ3n) is 3.16. The Morgan fingerprint density at radius 2 is 1.76 bits per heavy atom. The molecule has 1 aliphatic rings. The SMILES string of the molecule is Cn1ccc(NC(=O)CN2C(=O)c3ccccc3C2=O)n1. The van der Waals surface area contributed by atoms with Crippen LogP contribution in [-0.4, -0.2) is 38.9 Å². The quantitative estimate of drug-likeness (QED) is 0.839. The Morgan fingerprint density at radius 3 is 2.29 bits per heavy atom. The molecule has 0 unspecified atom stereocenters. The molecule has 1 N–H and O–H groups in total. The Labute approximate surface area is 120 Å². The highest BCUT2D eigenvalue weighted by atomic mass is 16.2. The minimum absolute atomic E-state index is 0.327. The molecular formula is C14H12N4O3. The van der Waals surface area contributed by atoms with Crippen LogP contribution >= 0.6 is 0 Å². The number of carbonyl (C=O) groups is 3. The molecule has 1 aromatic heterocycles. The van der Waals surface area contributed by atoms with Crippen LogP contribution in [0.3, 0.4) is 0 Å². The smallest absolute Gasteiger partial charge is 0.262 e. The van der Waals surface area contributed by atoms with Gasteiger partial charge in [0.05, 0.1) is 11.1 Å². The minimum atomic E-state index is -0.469. The molecule has 2 aromatic rings. The first-order valence-electron chi connectivity index (χ1n) is 6.31. The van der Waals surface area contributed by atoms with E-state index in [-0.39, 0.29) is 6.54 Å². The van der Waals surface area contributed by atoms with Gasteiger partial charge >= 0.3 is 0 Å². The van der Waals surface area contributed by atoms with Crippen LogP contribution in [0.5, 0.6) is 0 Å². The average Bonchev–Trinajstić information content (AvgIpc) is 2.97. The predicted octanol–water partition coefficient (Wildman–Crippen LogP) is 0.655. The van der Waals surface area contributed by atoms with E-state index in [9.17, 15) is 14.4 Å². The number of rotatable bonds is 3. The highest BCUT2D eigenvalue weighted by molar-refractivity contribution is 6.22. The van der Waals surface area contributed by atoms with Gasteiger partial charge in [-0.05, 0) is 12.1 Å². The van der Waals surface area contributed by atoms with E-state index < -0.39 is 17.7 Å². The van der Waals surface area contributed by atoms with Crippen LogP contribution in [0.1, 0.15) is 20.7 Å². The van der Waals surface area contributed by atoms with Crippen molar-refractivity contribution in [2.24, 2.45) is 7.05 Å². The number of aromatic nitrogens is 2. The summed E-state index contributed by atoms with van der Waals surface area (Å²) in [6.45, 7) is -0.330. The van der Waals surface area contributed by atoms with E-state index in [1.54, 1.807) is 43.6 Å². The van der Waals surface area contributed by atoms with Crippen molar-refractivity contribution in [2.45, 2.75) is 0 Å². The van der Waals surface area contributed by atoms with Crippen molar-refractivity contribution in [3.8, 4) is 0 Å². The molecule has 0 radical (unpaired) electrons. The molecule has 106 valence electrons. The molecule has 1 aromatic carbocycles. The molecule has 0 atom stereocenters. The summed E-state index contributed by atoms with van der Waals surface area (Å²) in [5.41, 5.74) is 0.654. The molecule has 3 amide bonds. The van der Waals surface area contributed by atoms with E-state index in [4.69, 9.17) is 0 Å². The molecule has 0 saturated carbocycles. The summed E-state index contributed by atoms with van der Waals surface area (Å²) in [7, 11) is 1.72. The Hall–Kier alpha value is -2.96. The first-order valence-corrected chi connectivity index (χ1v) is 6.31. The third kappa shape index (κ3) is 2.29. The van der Waals surface area contributed by atoms with E-state index in [0.29, 0.717) is 16.9 Å². The van der Waals surface area contributed by atoms with Crippen LogP contribution in [0.2, 0.25) is 0 Å².